The highest BCUT2D eigenvalue weighted by molar-refractivity contribution is 5.93. The molecule has 0 unspecified atom stereocenters. The minimum Gasteiger partial charge on any atom is -0.492 e. The van der Waals surface area contributed by atoms with Gasteiger partial charge in [-0.3, -0.25) is 0 Å². The molecule has 23 heavy (non-hydrogen) atoms. The van der Waals surface area contributed by atoms with Gasteiger partial charge in [0.15, 0.2) is 17.3 Å². The molecule has 0 spiro atoms. The molecule has 0 atom stereocenters. The van der Waals surface area contributed by atoms with Gasteiger partial charge in [-0.25, -0.2) is 18.6 Å². The van der Waals surface area contributed by atoms with E-state index < -0.39 is 23.3 Å². The van der Waals surface area contributed by atoms with Gasteiger partial charge in [-0.15, -0.1) is 0 Å². The number of hydrogen-bond donors (Lipinski definition) is 1. The number of nitrogens with zero attached hydrogens (tertiary/aromatic N) is 1. The zero-order chi connectivity index (χ0) is 17.1. The second kappa shape index (κ2) is 6.60. The second-order valence-electron chi connectivity index (χ2n) is 4.72. The Morgan fingerprint density at radius 2 is 2.00 bits per heavy atom. The number of benzene rings is 1. The lowest BCUT2D eigenvalue weighted by Gasteiger charge is -2.13. The Bertz CT molecular complexity index is 763. The third kappa shape index (κ3) is 2.94. The Morgan fingerprint density at radius 1 is 1.30 bits per heavy atom. The van der Waals surface area contributed by atoms with Gasteiger partial charge in [-0.2, -0.15) is 0 Å². The van der Waals surface area contributed by atoms with E-state index in [0.29, 0.717) is 12.0 Å². The molecule has 0 bridgehead atoms. The van der Waals surface area contributed by atoms with Gasteiger partial charge < -0.3 is 15.2 Å². The predicted octanol–water partition coefficient (Wildman–Crippen LogP) is 2.97. The molecule has 0 radical (unpaired) electrons. The van der Waals surface area contributed by atoms with Crippen molar-refractivity contribution < 1.29 is 23.0 Å². The van der Waals surface area contributed by atoms with E-state index in [1.165, 1.54) is 19.2 Å². The van der Waals surface area contributed by atoms with E-state index in [2.05, 4.69) is 9.72 Å². The number of anilines is 1. The molecule has 2 N–H and O–H groups in total. The number of aromatic nitrogens is 1. The molecule has 0 saturated heterocycles. The van der Waals surface area contributed by atoms with E-state index in [1.54, 1.807) is 6.92 Å². The Balaban J connectivity index is 2.70. The minimum absolute atomic E-state index is 0.164. The fourth-order valence-electron chi connectivity index (χ4n) is 2.18. The Kier molecular flexibility index (Phi) is 4.78. The number of ether oxygens (including phenoxy) is 2. The van der Waals surface area contributed by atoms with Crippen molar-refractivity contribution in [3.05, 3.63) is 41.1 Å². The first kappa shape index (κ1) is 16.7. The summed E-state index contributed by atoms with van der Waals surface area (Å²) in [5, 5.41) is 0. The van der Waals surface area contributed by atoms with Crippen LogP contribution in [0.2, 0.25) is 0 Å². The first-order valence-corrected chi connectivity index (χ1v) is 6.84. The summed E-state index contributed by atoms with van der Waals surface area (Å²) in [5.74, 6) is -2.43. The number of aryl methyl sites for hydroxylation is 1. The number of pyridine rings is 1. The molecule has 122 valence electrons. The van der Waals surface area contributed by atoms with Crippen molar-refractivity contribution in [3.8, 4) is 17.0 Å². The van der Waals surface area contributed by atoms with Crippen LogP contribution in [0, 0.1) is 11.6 Å². The molecule has 0 amide bonds. The summed E-state index contributed by atoms with van der Waals surface area (Å²) in [6.45, 7) is 1.80. The Hall–Kier alpha value is -2.70. The standard InChI is InChI=1S/C16H16F2N2O3/c1-4-8-5-6-9(7-10(8)17)13-11(18)12(19)15(22-2)14(20-13)16(21)23-3/h5-7H,4H2,1-3H3,(H2,19,20). The van der Waals surface area contributed by atoms with E-state index in [-0.39, 0.29) is 22.7 Å². The maximum atomic E-state index is 14.5. The summed E-state index contributed by atoms with van der Waals surface area (Å²) in [6, 6.07) is 4.20. The van der Waals surface area contributed by atoms with E-state index in [9.17, 15) is 13.6 Å². The molecule has 0 aliphatic rings. The van der Waals surface area contributed by atoms with Crippen LogP contribution in [0.15, 0.2) is 18.2 Å². The largest absolute Gasteiger partial charge is 0.492 e. The van der Waals surface area contributed by atoms with Gasteiger partial charge in [0.1, 0.15) is 17.2 Å². The van der Waals surface area contributed by atoms with E-state index in [4.69, 9.17) is 10.5 Å². The number of esters is 1. The first-order valence-electron chi connectivity index (χ1n) is 6.84. The number of methoxy groups -OCH3 is 2. The summed E-state index contributed by atoms with van der Waals surface area (Å²) >= 11 is 0. The van der Waals surface area contributed by atoms with Crippen molar-refractivity contribution in [2.75, 3.05) is 20.0 Å². The fraction of sp³-hybridized carbons (Fsp3) is 0.250. The highest BCUT2D eigenvalue weighted by Gasteiger charge is 2.25. The van der Waals surface area contributed by atoms with Gasteiger partial charge in [0.2, 0.25) is 0 Å². The minimum atomic E-state index is -0.891. The average molecular weight is 322 g/mol. The van der Waals surface area contributed by atoms with Gasteiger partial charge in [-0.05, 0) is 18.1 Å². The highest BCUT2D eigenvalue weighted by Crippen LogP contribution is 2.34. The molecule has 1 heterocycles. The van der Waals surface area contributed by atoms with Crippen molar-refractivity contribution >= 4 is 11.7 Å². The van der Waals surface area contributed by atoms with Crippen LogP contribution in [0.1, 0.15) is 23.0 Å². The molecule has 2 aromatic rings. The number of nitrogens with two attached hydrogens (primary N) is 1. The predicted molar refractivity (Wildman–Crippen MR) is 81.3 cm³/mol. The molecule has 7 heteroatoms. The third-order valence-corrected chi connectivity index (χ3v) is 3.42. The maximum absolute atomic E-state index is 14.5. The number of nitrogen functional groups attached to an aromatic ring is 1. The van der Waals surface area contributed by atoms with Crippen LogP contribution in [0.4, 0.5) is 14.5 Å². The van der Waals surface area contributed by atoms with Crippen molar-refractivity contribution in [1.82, 2.24) is 4.98 Å². The van der Waals surface area contributed by atoms with Crippen LogP contribution < -0.4 is 10.5 Å². The molecule has 0 aliphatic heterocycles. The summed E-state index contributed by atoms with van der Waals surface area (Å²) in [5.41, 5.74) is 5.42. The normalized spacial score (nSPS) is 10.5. The number of carbonyl (C=O) groups excluding carboxylic acids is 1. The lowest BCUT2D eigenvalue weighted by Crippen LogP contribution is -2.12. The molecule has 0 saturated carbocycles. The van der Waals surface area contributed by atoms with E-state index in [0.717, 1.165) is 13.2 Å². The second-order valence-corrected chi connectivity index (χ2v) is 4.72. The van der Waals surface area contributed by atoms with E-state index in [1.807, 2.05) is 0 Å². The number of carbonyl (C=O) groups is 1. The SMILES string of the molecule is CCc1ccc(-c2nc(C(=O)OC)c(OC)c(N)c2F)cc1F. The lowest BCUT2D eigenvalue weighted by molar-refractivity contribution is 0.0590. The molecule has 5 nitrogen and oxygen atoms in total. The van der Waals surface area contributed by atoms with Gasteiger partial charge in [0, 0.05) is 5.56 Å². The first-order chi connectivity index (χ1) is 10.9. The molecule has 2 rings (SSSR count). The van der Waals surface area contributed by atoms with Gasteiger partial charge in [-0.1, -0.05) is 19.1 Å². The van der Waals surface area contributed by atoms with Crippen LogP contribution in [0.3, 0.4) is 0 Å². The average Bonchev–Trinajstić information content (AvgIpc) is 2.56. The summed E-state index contributed by atoms with van der Waals surface area (Å²) in [7, 11) is 2.38. The Labute approximate surface area is 132 Å². The number of hydrogen-bond acceptors (Lipinski definition) is 5. The van der Waals surface area contributed by atoms with Crippen molar-refractivity contribution in [2.45, 2.75) is 13.3 Å². The van der Waals surface area contributed by atoms with Gasteiger partial charge in [0.05, 0.1) is 14.2 Å². The molecular weight excluding hydrogens is 306 g/mol. The summed E-state index contributed by atoms with van der Waals surface area (Å²) in [4.78, 5) is 15.7. The van der Waals surface area contributed by atoms with Crippen molar-refractivity contribution in [1.29, 1.82) is 0 Å². The number of rotatable bonds is 4. The van der Waals surface area contributed by atoms with Crippen LogP contribution in [-0.4, -0.2) is 25.2 Å². The van der Waals surface area contributed by atoms with Gasteiger partial charge in [0.25, 0.3) is 0 Å². The highest BCUT2D eigenvalue weighted by atomic mass is 19.1. The van der Waals surface area contributed by atoms with Crippen LogP contribution in [0.5, 0.6) is 5.75 Å². The van der Waals surface area contributed by atoms with Crippen LogP contribution in [-0.2, 0) is 11.2 Å². The molecule has 0 fully saturated rings. The Morgan fingerprint density at radius 3 is 2.52 bits per heavy atom. The summed E-state index contributed by atoms with van der Waals surface area (Å²) in [6.07, 6.45) is 0.500. The molecule has 1 aromatic carbocycles. The monoisotopic (exact) mass is 322 g/mol. The maximum Gasteiger partial charge on any atom is 0.360 e. The summed E-state index contributed by atoms with van der Waals surface area (Å²) < 4.78 is 37.9. The quantitative estimate of drug-likeness (QED) is 0.876. The molecule has 1 aromatic heterocycles. The lowest BCUT2D eigenvalue weighted by atomic mass is 10.0. The molecule has 0 aliphatic carbocycles. The van der Waals surface area contributed by atoms with Crippen molar-refractivity contribution in [2.24, 2.45) is 0 Å². The third-order valence-electron chi connectivity index (χ3n) is 3.42. The topological polar surface area (TPSA) is 74.4 Å². The number of halogens is 2. The zero-order valence-electron chi connectivity index (χ0n) is 12.9. The molecular formula is C16H16F2N2O3. The van der Waals surface area contributed by atoms with Crippen LogP contribution in [0.25, 0.3) is 11.3 Å². The smallest absolute Gasteiger partial charge is 0.360 e. The van der Waals surface area contributed by atoms with Gasteiger partial charge >= 0.3 is 5.97 Å². The van der Waals surface area contributed by atoms with Crippen molar-refractivity contribution in [3.63, 3.8) is 0 Å². The van der Waals surface area contributed by atoms with Crippen LogP contribution >= 0.6 is 0 Å². The van der Waals surface area contributed by atoms with E-state index >= 15 is 0 Å². The fourth-order valence-corrected chi connectivity index (χ4v) is 2.18. The zero-order valence-corrected chi connectivity index (χ0v) is 12.9.